The largest absolute Gasteiger partial charge is 0.462 e. The molecule has 0 aliphatic carbocycles. The Hall–Kier alpha value is -0.570. The maximum absolute atomic E-state index is 11.6. The fourth-order valence-corrected chi connectivity index (χ4v) is 1.57. The van der Waals surface area contributed by atoms with Gasteiger partial charge in [0, 0.05) is 0 Å². The van der Waals surface area contributed by atoms with E-state index in [1.807, 2.05) is 13.8 Å². The van der Waals surface area contributed by atoms with Crippen molar-refractivity contribution in [2.45, 2.75) is 53.1 Å². The highest BCUT2D eigenvalue weighted by molar-refractivity contribution is 5.72. The van der Waals surface area contributed by atoms with Crippen molar-refractivity contribution in [2.24, 2.45) is 17.6 Å². The van der Waals surface area contributed by atoms with Gasteiger partial charge in [-0.3, -0.25) is 4.79 Å². The van der Waals surface area contributed by atoms with Crippen molar-refractivity contribution in [1.82, 2.24) is 0 Å². The van der Waals surface area contributed by atoms with Crippen LogP contribution >= 0.6 is 0 Å². The number of hydrogen-bond donors (Lipinski definition) is 1. The molecule has 0 amide bonds. The topological polar surface area (TPSA) is 52.3 Å². The maximum Gasteiger partial charge on any atom is 0.308 e. The molecule has 0 rings (SSSR count). The second-order valence-electron chi connectivity index (χ2n) is 4.71. The number of ether oxygens (including phenoxy) is 1. The van der Waals surface area contributed by atoms with Crippen LogP contribution in [0.15, 0.2) is 0 Å². The second-order valence-corrected chi connectivity index (χ2v) is 4.71. The summed E-state index contributed by atoms with van der Waals surface area (Å²) >= 11 is 0. The second kappa shape index (κ2) is 7.69. The van der Waals surface area contributed by atoms with Crippen LogP contribution in [-0.4, -0.2) is 18.6 Å². The maximum atomic E-state index is 11.6. The molecular formula is C12H25NO2. The summed E-state index contributed by atoms with van der Waals surface area (Å²) in [5, 5.41) is 0. The minimum absolute atomic E-state index is 0.0248. The molecule has 15 heavy (non-hydrogen) atoms. The van der Waals surface area contributed by atoms with E-state index < -0.39 is 0 Å². The van der Waals surface area contributed by atoms with Gasteiger partial charge >= 0.3 is 5.97 Å². The first-order chi connectivity index (χ1) is 6.97. The summed E-state index contributed by atoms with van der Waals surface area (Å²) < 4.78 is 5.34. The third-order valence-electron chi connectivity index (χ3n) is 2.36. The third-order valence-corrected chi connectivity index (χ3v) is 2.36. The lowest BCUT2D eigenvalue weighted by atomic mass is 10.0. The van der Waals surface area contributed by atoms with Crippen molar-refractivity contribution in [3.8, 4) is 0 Å². The Bertz CT molecular complexity index is 180. The van der Waals surface area contributed by atoms with Gasteiger partial charge in [0.1, 0.15) is 0 Å². The predicted molar refractivity (Wildman–Crippen MR) is 62.5 cm³/mol. The summed E-state index contributed by atoms with van der Waals surface area (Å²) in [6, 6.07) is 0. The number of hydrogen-bond acceptors (Lipinski definition) is 3. The fourth-order valence-electron chi connectivity index (χ4n) is 1.57. The molecule has 3 nitrogen and oxygen atoms in total. The summed E-state index contributed by atoms with van der Waals surface area (Å²) in [6.07, 6.45) is 2.66. The van der Waals surface area contributed by atoms with E-state index in [1.165, 1.54) is 0 Å². The normalized spacial score (nSPS) is 15.1. The molecule has 2 unspecified atom stereocenters. The number of carbonyl (C=O) groups excluding carboxylic acids is 1. The highest BCUT2D eigenvalue weighted by Crippen LogP contribution is 2.12. The molecular weight excluding hydrogens is 190 g/mol. The van der Waals surface area contributed by atoms with Crippen molar-refractivity contribution in [2.75, 3.05) is 6.54 Å². The van der Waals surface area contributed by atoms with Gasteiger partial charge in [0.25, 0.3) is 0 Å². The van der Waals surface area contributed by atoms with Gasteiger partial charge in [-0.25, -0.2) is 0 Å². The van der Waals surface area contributed by atoms with Crippen LogP contribution in [0.4, 0.5) is 0 Å². The van der Waals surface area contributed by atoms with E-state index in [0.717, 1.165) is 19.3 Å². The molecule has 0 fully saturated rings. The first kappa shape index (κ1) is 14.4. The highest BCUT2D eigenvalue weighted by Gasteiger charge is 2.17. The lowest BCUT2D eigenvalue weighted by Gasteiger charge is -2.18. The molecule has 0 spiro atoms. The number of esters is 1. The van der Waals surface area contributed by atoms with Crippen LogP contribution < -0.4 is 5.73 Å². The molecule has 0 saturated carbocycles. The highest BCUT2D eigenvalue weighted by atomic mass is 16.5. The van der Waals surface area contributed by atoms with Gasteiger partial charge in [0.15, 0.2) is 0 Å². The molecule has 0 aromatic rings. The lowest BCUT2D eigenvalue weighted by molar-refractivity contribution is -0.153. The Morgan fingerprint density at radius 2 is 1.87 bits per heavy atom. The van der Waals surface area contributed by atoms with Crippen LogP contribution in [0.3, 0.4) is 0 Å². The number of rotatable bonds is 7. The summed E-state index contributed by atoms with van der Waals surface area (Å²) in [5.41, 5.74) is 5.39. The first-order valence-corrected chi connectivity index (χ1v) is 5.88. The smallest absolute Gasteiger partial charge is 0.308 e. The van der Waals surface area contributed by atoms with Gasteiger partial charge in [0.2, 0.25) is 0 Å². The van der Waals surface area contributed by atoms with Crippen LogP contribution in [0, 0.1) is 11.8 Å². The van der Waals surface area contributed by atoms with Crippen LogP contribution in [-0.2, 0) is 9.53 Å². The average Bonchev–Trinajstić information content (AvgIpc) is 2.12. The van der Waals surface area contributed by atoms with Crippen molar-refractivity contribution in [3.05, 3.63) is 0 Å². The van der Waals surface area contributed by atoms with Crippen LogP contribution in [0.1, 0.15) is 47.0 Å². The zero-order valence-electron chi connectivity index (χ0n) is 10.5. The Morgan fingerprint density at radius 3 is 2.33 bits per heavy atom. The summed E-state index contributed by atoms with van der Waals surface area (Å²) in [5.74, 6) is 0.451. The van der Waals surface area contributed by atoms with Crippen molar-refractivity contribution in [1.29, 1.82) is 0 Å². The van der Waals surface area contributed by atoms with Gasteiger partial charge in [-0.15, -0.1) is 0 Å². The Kier molecular flexibility index (Phi) is 7.39. The van der Waals surface area contributed by atoms with Crippen molar-refractivity contribution in [3.63, 3.8) is 0 Å². The Morgan fingerprint density at radius 1 is 1.27 bits per heavy atom. The van der Waals surface area contributed by atoms with E-state index in [9.17, 15) is 4.79 Å². The number of nitrogens with two attached hydrogens (primary N) is 1. The predicted octanol–water partition coefficient (Wildman–Crippen LogP) is 2.34. The lowest BCUT2D eigenvalue weighted by Crippen LogP contribution is -2.22. The summed E-state index contributed by atoms with van der Waals surface area (Å²) in [6.45, 7) is 8.75. The van der Waals surface area contributed by atoms with E-state index >= 15 is 0 Å². The van der Waals surface area contributed by atoms with Gasteiger partial charge < -0.3 is 10.5 Å². The molecule has 0 aliphatic rings. The molecule has 3 heteroatoms. The standard InChI is InChI=1S/C12H25NO2/c1-9(2)8-11(4)15-12(14)10(3)6-5-7-13/h9-11H,5-8,13H2,1-4H3. The van der Waals surface area contributed by atoms with Gasteiger partial charge in [0.05, 0.1) is 12.0 Å². The molecule has 2 N–H and O–H groups in total. The molecule has 2 atom stereocenters. The molecule has 0 bridgehead atoms. The molecule has 0 aromatic carbocycles. The quantitative estimate of drug-likeness (QED) is 0.663. The van der Waals surface area contributed by atoms with E-state index in [2.05, 4.69) is 13.8 Å². The van der Waals surface area contributed by atoms with Gasteiger partial charge in [-0.2, -0.15) is 0 Å². The van der Waals surface area contributed by atoms with Gasteiger partial charge in [-0.1, -0.05) is 20.8 Å². The minimum Gasteiger partial charge on any atom is -0.462 e. The van der Waals surface area contributed by atoms with Crippen molar-refractivity contribution < 1.29 is 9.53 Å². The Balaban J connectivity index is 3.80. The molecule has 0 aromatic heterocycles. The SMILES string of the molecule is CC(C)CC(C)OC(=O)C(C)CCCN. The zero-order valence-corrected chi connectivity index (χ0v) is 10.5. The molecule has 0 radical (unpaired) electrons. The van der Waals surface area contributed by atoms with E-state index in [0.29, 0.717) is 12.5 Å². The average molecular weight is 215 g/mol. The molecule has 90 valence electrons. The first-order valence-electron chi connectivity index (χ1n) is 5.88. The Labute approximate surface area is 93.4 Å². The van der Waals surface area contributed by atoms with Crippen LogP contribution in [0.2, 0.25) is 0 Å². The molecule has 0 saturated heterocycles. The third kappa shape index (κ3) is 7.37. The summed E-state index contributed by atoms with van der Waals surface area (Å²) in [4.78, 5) is 11.6. The summed E-state index contributed by atoms with van der Waals surface area (Å²) in [7, 11) is 0. The van der Waals surface area contributed by atoms with Crippen LogP contribution in [0.25, 0.3) is 0 Å². The molecule has 0 heterocycles. The van der Waals surface area contributed by atoms with E-state index in [-0.39, 0.29) is 18.0 Å². The van der Waals surface area contributed by atoms with E-state index in [4.69, 9.17) is 10.5 Å². The van der Waals surface area contributed by atoms with E-state index in [1.54, 1.807) is 0 Å². The zero-order chi connectivity index (χ0) is 11.8. The van der Waals surface area contributed by atoms with Crippen molar-refractivity contribution >= 4 is 5.97 Å². The monoisotopic (exact) mass is 215 g/mol. The van der Waals surface area contributed by atoms with Crippen LogP contribution in [0.5, 0.6) is 0 Å². The fraction of sp³-hybridized carbons (Fsp3) is 0.917. The minimum atomic E-state index is -0.0865. The number of carbonyl (C=O) groups is 1. The van der Waals surface area contributed by atoms with Gasteiger partial charge in [-0.05, 0) is 38.6 Å². The molecule has 0 aliphatic heterocycles.